The van der Waals surface area contributed by atoms with Crippen molar-refractivity contribution < 1.29 is 9.84 Å². The van der Waals surface area contributed by atoms with Gasteiger partial charge in [-0.25, -0.2) is 0 Å². The highest BCUT2D eigenvalue weighted by atomic mass is 35.5. The third-order valence-corrected chi connectivity index (χ3v) is 5.87. The lowest BCUT2D eigenvalue weighted by Gasteiger charge is -2.37. The Morgan fingerprint density at radius 1 is 1.24 bits per heavy atom. The zero-order chi connectivity index (χ0) is 17.8. The molecule has 1 N–H and O–H groups in total. The fourth-order valence-electron chi connectivity index (χ4n) is 4.04. The molecule has 0 unspecified atom stereocenters. The van der Waals surface area contributed by atoms with Gasteiger partial charge in [0.15, 0.2) is 0 Å². The van der Waals surface area contributed by atoms with E-state index in [0.29, 0.717) is 25.2 Å². The van der Waals surface area contributed by atoms with Crippen molar-refractivity contribution in [1.82, 2.24) is 4.90 Å². The number of β-amino-alcohol motifs (C(OH)–C–C–N with tert-alkyl or cyclic N) is 1. The van der Waals surface area contributed by atoms with Crippen LogP contribution >= 0.6 is 11.6 Å². The van der Waals surface area contributed by atoms with Gasteiger partial charge < -0.3 is 14.7 Å². The number of aliphatic hydroxyl groups excluding tert-OH is 1. The lowest BCUT2D eigenvalue weighted by atomic mass is 10.1. The van der Waals surface area contributed by atoms with E-state index in [4.69, 9.17) is 16.3 Å². The Morgan fingerprint density at radius 2 is 2.00 bits per heavy atom. The van der Waals surface area contributed by atoms with Gasteiger partial charge in [-0.05, 0) is 43.4 Å². The van der Waals surface area contributed by atoms with E-state index in [-0.39, 0.29) is 0 Å². The molecule has 2 fully saturated rings. The first-order valence-corrected chi connectivity index (χ1v) is 9.94. The lowest BCUT2D eigenvalue weighted by Crippen LogP contribution is -2.49. The van der Waals surface area contributed by atoms with Gasteiger partial charge in [0.05, 0.1) is 18.8 Å². The van der Waals surface area contributed by atoms with Crippen molar-refractivity contribution >= 4 is 17.3 Å². The van der Waals surface area contributed by atoms with Crippen LogP contribution in [0.25, 0.3) is 0 Å². The Labute approximate surface area is 156 Å². The molecule has 1 aliphatic carbocycles. The van der Waals surface area contributed by atoms with Crippen LogP contribution in [0.4, 0.5) is 5.69 Å². The number of aliphatic hydroxyl groups is 1. The summed E-state index contributed by atoms with van der Waals surface area (Å²) >= 11 is 6.15. The number of aryl methyl sites for hydroxylation is 1. The molecule has 1 saturated heterocycles. The van der Waals surface area contributed by atoms with Gasteiger partial charge >= 0.3 is 0 Å². The third kappa shape index (κ3) is 5.10. The Balaban J connectivity index is 1.42. The minimum absolute atomic E-state index is 0.345. The first kappa shape index (κ1) is 19.0. The molecule has 0 aromatic heterocycles. The molecule has 1 saturated carbocycles. The quantitative estimate of drug-likeness (QED) is 0.837. The van der Waals surface area contributed by atoms with Crippen molar-refractivity contribution in [2.24, 2.45) is 5.92 Å². The van der Waals surface area contributed by atoms with E-state index in [0.717, 1.165) is 37.6 Å². The van der Waals surface area contributed by atoms with E-state index >= 15 is 0 Å². The van der Waals surface area contributed by atoms with E-state index in [1.54, 1.807) is 0 Å². The summed E-state index contributed by atoms with van der Waals surface area (Å²) in [5.41, 5.74) is 2.49. The molecule has 1 heterocycles. The molecule has 1 aliphatic heterocycles. The van der Waals surface area contributed by atoms with E-state index < -0.39 is 6.10 Å². The number of piperazine rings is 1. The number of hydrogen-bond donors (Lipinski definition) is 1. The molecule has 140 valence electrons. The summed E-state index contributed by atoms with van der Waals surface area (Å²) in [7, 11) is 0. The van der Waals surface area contributed by atoms with Crippen molar-refractivity contribution in [3.8, 4) is 0 Å². The van der Waals surface area contributed by atoms with E-state index in [2.05, 4.69) is 35.8 Å². The Morgan fingerprint density at radius 3 is 2.68 bits per heavy atom. The second-order valence-corrected chi connectivity index (χ2v) is 8.09. The minimum Gasteiger partial charge on any atom is -0.389 e. The van der Waals surface area contributed by atoms with Crippen LogP contribution in [-0.4, -0.2) is 61.5 Å². The molecule has 5 heteroatoms. The standard InChI is InChI=1S/C20H31ClN2O2/c1-15-6-7-17(21)12-19(15)23-10-8-22(9-11-23)13-18(24)14-25-20-5-3-4-16(20)2/h6-7,12,16,18,20,24H,3-5,8-11,13-14H2,1-2H3/t16-,18+,20-/m0/s1. The average Bonchev–Trinajstić information content (AvgIpc) is 3.01. The largest absolute Gasteiger partial charge is 0.389 e. The molecular weight excluding hydrogens is 336 g/mol. The SMILES string of the molecule is Cc1ccc(Cl)cc1N1CCN(C[C@@H](O)CO[C@H]2CCC[C@@H]2C)CC1. The van der Waals surface area contributed by atoms with Crippen molar-refractivity contribution in [1.29, 1.82) is 0 Å². The number of anilines is 1. The number of benzene rings is 1. The normalized spacial score (nSPS) is 26.2. The monoisotopic (exact) mass is 366 g/mol. The molecule has 4 nitrogen and oxygen atoms in total. The summed E-state index contributed by atoms with van der Waals surface area (Å²) < 4.78 is 5.94. The van der Waals surface area contributed by atoms with Gasteiger partial charge in [0.1, 0.15) is 0 Å². The average molecular weight is 367 g/mol. The first-order valence-electron chi connectivity index (χ1n) is 9.56. The van der Waals surface area contributed by atoms with Crippen LogP contribution in [0, 0.1) is 12.8 Å². The summed E-state index contributed by atoms with van der Waals surface area (Å²) in [6.07, 6.45) is 3.61. The highest BCUT2D eigenvalue weighted by Gasteiger charge is 2.26. The molecule has 0 spiro atoms. The Bertz CT molecular complexity index is 561. The summed E-state index contributed by atoms with van der Waals surface area (Å²) in [4.78, 5) is 4.73. The molecule has 0 amide bonds. The predicted octanol–water partition coefficient (Wildman–Crippen LogP) is 3.34. The van der Waals surface area contributed by atoms with Crippen LogP contribution in [0.5, 0.6) is 0 Å². The molecular formula is C20H31ClN2O2. The Hall–Kier alpha value is -0.810. The van der Waals surface area contributed by atoms with Gasteiger partial charge in [0.2, 0.25) is 0 Å². The number of rotatable bonds is 6. The Kier molecular flexibility index (Phi) is 6.61. The maximum atomic E-state index is 10.3. The number of nitrogens with zero attached hydrogens (tertiary/aromatic N) is 2. The smallest absolute Gasteiger partial charge is 0.0900 e. The molecule has 0 bridgehead atoms. The maximum Gasteiger partial charge on any atom is 0.0900 e. The maximum absolute atomic E-state index is 10.3. The summed E-state index contributed by atoms with van der Waals surface area (Å²) in [5, 5.41) is 11.1. The van der Waals surface area contributed by atoms with Crippen LogP contribution in [0.1, 0.15) is 31.7 Å². The molecule has 25 heavy (non-hydrogen) atoms. The number of halogens is 1. The second-order valence-electron chi connectivity index (χ2n) is 7.65. The highest BCUT2D eigenvalue weighted by molar-refractivity contribution is 6.30. The fraction of sp³-hybridized carbons (Fsp3) is 0.700. The van der Waals surface area contributed by atoms with Crippen LogP contribution in [-0.2, 0) is 4.74 Å². The van der Waals surface area contributed by atoms with Crippen molar-refractivity contribution in [3.63, 3.8) is 0 Å². The van der Waals surface area contributed by atoms with Crippen LogP contribution in [0.3, 0.4) is 0 Å². The zero-order valence-electron chi connectivity index (χ0n) is 15.5. The van der Waals surface area contributed by atoms with E-state index in [1.807, 2.05) is 6.07 Å². The zero-order valence-corrected chi connectivity index (χ0v) is 16.2. The lowest BCUT2D eigenvalue weighted by molar-refractivity contribution is -0.0321. The van der Waals surface area contributed by atoms with E-state index in [9.17, 15) is 5.11 Å². The molecule has 1 aromatic carbocycles. The van der Waals surface area contributed by atoms with Gasteiger partial charge in [0, 0.05) is 43.4 Å². The molecule has 0 radical (unpaired) electrons. The second kappa shape index (κ2) is 8.72. The fourth-order valence-corrected chi connectivity index (χ4v) is 4.21. The predicted molar refractivity (Wildman–Crippen MR) is 104 cm³/mol. The van der Waals surface area contributed by atoms with Gasteiger partial charge in [-0.2, -0.15) is 0 Å². The van der Waals surface area contributed by atoms with Gasteiger partial charge in [-0.1, -0.05) is 31.0 Å². The van der Waals surface area contributed by atoms with Crippen molar-refractivity contribution in [2.75, 3.05) is 44.2 Å². The summed E-state index contributed by atoms with van der Waals surface area (Å²) in [6.45, 7) is 9.39. The summed E-state index contributed by atoms with van der Waals surface area (Å²) in [6, 6.07) is 6.07. The molecule has 1 aromatic rings. The van der Waals surface area contributed by atoms with Crippen LogP contribution in [0.2, 0.25) is 5.02 Å². The number of hydrogen-bond acceptors (Lipinski definition) is 4. The number of ether oxygens (including phenoxy) is 1. The van der Waals surface area contributed by atoms with Crippen LogP contribution < -0.4 is 4.90 Å². The van der Waals surface area contributed by atoms with E-state index in [1.165, 1.54) is 24.1 Å². The van der Waals surface area contributed by atoms with Crippen molar-refractivity contribution in [3.05, 3.63) is 28.8 Å². The van der Waals surface area contributed by atoms with Gasteiger partial charge in [-0.15, -0.1) is 0 Å². The topological polar surface area (TPSA) is 35.9 Å². The minimum atomic E-state index is -0.396. The van der Waals surface area contributed by atoms with Gasteiger partial charge in [-0.3, -0.25) is 4.90 Å². The van der Waals surface area contributed by atoms with Crippen molar-refractivity contribution in [2.45, 2.75) is 45.3 Å². The van der Waals surface area contributed by atoms with Gasteiger partial charge in [0.25, 0.3) is 0 Å². The highest BCUT2D eigenvalue weighted by Crippen LogP contribution is 2.28. The molecule has 3 atom stereocenters. The summed E-state index contributed by atoms with van der Waals surface area (Å²) in [5.74, 6) is 0.636. The third-order valence-electron chi connectivity index (χ3n) is 5.64. The van der Waals surface area contributed by atoms with Crippen LogP contribution in [0.15, 0.2) is 18.2 Å². The first-order chi connectivity index (χ1) is 12.0. The molecule has 3 rings (SSSR count). The molecule has 2 aliphatic rings.